The van der Waals surface area contributed by atoms with E-state index in [-0.39, 0.29) is 5.72 Å². The fraction of sp³-hybridized carbons (Fsp3) is 1.00. The van der Waals surface area contributed by atoms with Crippen molar-refractivity contribution in [3.05, 3.63) is 0 Å². The molecule has 2 heterocycles. The van der Waals surface area contributed by atoms with Crippen LogP contribution in [0.15, 0.2) is 0 Å². The summed E-state index contributed by atoms with van der Waals surface area (Å²) in [6.07, 6.45) is 2.51. The van der Waals surface area contributed by atoms with Crippen LogP contribution in [0.4, 0.5) is 0 Å². The predicted octanol–water partition coefficient (Wildman–Crippen LogP) is 0.710. The molecule has 2 aliphatic heterocycles. The largest absolute Gasteiger partial charge is 0.359 e. The number of hydrogen-bond donors (Lipinski definition) is 2. The summed E-state index contributed by atoms with van der Waals surface area (Å²) >= 11 is 0. The standard InChI is InChI=1S/C10H20N2O/c1-8-6-12-10(2,13-7-8)9-4-3-5-11-9/h8-9,11-12H,3-7H2,1-2H3. The minimum atomic E-state index is -0.122. The predicted molar refractivity (Wildman–Crippen MR) is 52.5 cm³/mol. The zero-order valence-electron chi connectivity index (χ0n) is 8.60. The molecule has 0 saturated carbocycles. The van der Waals surface area contributed by atoms with Gasteiger partial charge in [-0.15, -0.1) is 0 Å². The number of ether oxygens (including phenoxy) is 1. The molecule has 3 heteroatoms. The summed E-state index contributed by atoms with van der Waals surface area (Å²) in [6, 6.07) is 0.500. The maximum absolute atomic E-state index is 5.89. The zero-order chi connectivity index (χ0) is 9.31. The number of hydrogen-bond acceptors (Lipinski definition) is 3. The van der Waals surface area contributed by atoms with E-state index in [1.54, 1.807) is 0 Å². The fourth-order valence-corrected chi connectivity index (χ4v) is 2.18. The first-order valence-corrected chi connectivity index (χ1v) is 5.33. The van der Waals surface area contributed by atoms with Crippen LogP contribution >= 0.6 is 0 Å². The average molecular weight is 184 g/mol. The Morgan fingerprint density at radius 1 is 1.46 bits per heavy atom. The van der Waals surface area contributed by atoms with Crippen LogP contribution in [0.3, 0.4) is 0 Å². The van der Waals surface area contributed by atoms with Gasteiger partial charge in [0.1, 0.15) is 5.72 Å². The summed E-state index contributed by atoms with van der Waals surface area (Å²) < 4.78 is 5.89. The van der Waals surface area contributed by atoms with Crippen molar-refractivity contribution in [1.29, 1.82) is 0 Å². The van der Waals surface area contributed by atoms with Crippen LogP contribution < -0.4 is 10.6 Å². The zero-order valence-corrected chi connectivity index (χ0v) is 8.60. The van der Waals surface area contributed by atoms with Gasteiger partial charge in [0, 0.05) is 12.6 Å². The van der Waals surface area contributed by atoms with Gasteiger partial charge in [-0.1, -0.05) is 6.92 Å². The highest BCUT2D eigenvalue weighted by Gasteiger charge is 2.39. The second-order valence-electron chi connectivity index (χ2n) is 4.55. The molecule has 0 radical (unpaired) electrons. The van der Waals surface area contributed by atoms with Crippen molar-refractivity contribution < 1.29 is 4.74 Å². The summed E-state index contributed by atoms with van der Waals surface area (Å²) in [6.45, 7) is 7.49. The maximum Gasteiger partial charge on any atom is 0.131 e. The first kappa shape index (κ1) is 9.44. The first-order valence-electron chi connectivity index (χ1n) is 5.33. The van der Waals surface area contributed by atoms with E-state index in [0.717, 1.165) is 19.7 Å². The molecule has 3 atom stereocenters. The van der Waals surface area contributed by atoms with E-state index in [0.29, 0.717) is 12.0 Å². The van der Waals surface area contributed by atoms with Crippen LogP contribution in [0.2, 0.25) is 0 Å². The van der Waals surface area contributed by atoms with E-state index in [4.69, 9.17) is 4.74 Å². The molecule has 2 aliphatic rings. The molecule has 13 heavy (non-hydrogen) atoms. The molecule has 0 spiro atoms. The minimum absolute atomic E-state index is 0.122. The van der Waals surface area contributed by atoms with Gasteiger partial charge < -0.3 is 10.1 Å². The van der Waals surface area contributed by atoms with Crippen LogP contribution in [0.5, 0.6) is 0 Å². The molecule has 0 aliphatic carbocycles. The van der Waals surface area contributed by atoms with Gasteiger partial charge in [0.25, 0.3) is 0 Å². The molecule has 0 aromatic heterocycles. The lowest BCUT2D eigenvalue weighted by molar-refractivity contribution is -0.118. The van der Waals surface area contributed by atoms with Crippen molar-refractivity contribution >= 4 is 0 Å². The topological polar surface area (TPSA) is 33.3 Å². The monoisotopic (exact) mass is 184 g/mol. The Balaban J connectivity index is 1.95. The lowest BCUT2D eigenvalue weighted by atomic mass is 10.0. The van der Waals surface area contributed by atoms with Crippen LogP contribution in [0, 0.1) is 5.92 Å². The van der Waals surface area contributed by atoms with Crippen LogP contribution in [0.1, 0.15) is 26.7 Å². The highest BCUT2D eigenvalue weighted by molar-refractivity contribution is 4.93. The van der Waals surface area contributed by atoms with E-state index in [1.807, 2.05) is 0 Å². The summed E-state index contributed by atoms with van der Waals surface area (Å²) in [4.78, 5) is 0. The Morgan fingerprint density at radius 2 is 2.31 bits per heavy atom. The van der Waals surface area contributed by atoms with E-state index < -0.39 is 0 Å². The third-order valence-electron chi connectivity index (χ3n) is 3.19. The molecular formula is C10H20N2O. The Morgan fingerprint density at radius 3 is 2.85 bits per heavy atom. The SMILES string of the molecule is CC1CNC(C)(C2CCCN2)OC1. The molecular weight excluding hydrogens is 164 g/mol. The molecule has 0 aromatic carbocycles. The maximum atomic E-state index is 5.89. The molecule has 2 saturated heterocycles. The number of nitrogens with one attached hydrogen (secondary N) is 2. The number of rotatable bonds is 1. The van der Waals surface area contributed by atoms with E-state index >= 15 is 0 Å². The minimum Gasteiger partial charge on any atom is -0.359 e. The second kappa shape index (κ2) is 3.56. The van der Waals surface area contributed by atoms with E-state index in [9.17, 15) is 0 Å². The molecule has 3 nitrogen and oxygen atoms in total. The second-order valence-corrected chi connectivity index (χ2v) is 4.55. The van der Waals surface area contributed by atoms with Crippen LogP contribution in [0.25, 0.3) is 0 Å². The van der Waals surface area contributed by atoms with Crippen molar-refractivity contribution in [3.8, 4) is 0 Å². The summed E-state index contributed by atoms with van der Waals surface area (Å²) in [5, 5.41) is 7.00. The molecule has 2 rings (SSSR count). The van der Waals surface area contributed by atoms with E-state index in [2.05, 4.69) is 24.5 Å². The van der Waals surface area contributed by atoms with Gasteiger partial charge >= 0.3 is 0 Å². The van der Waals surface area contributed by atoms with Crippen molar-refractivity contribution in [1.82, 2.24) is 10.6 Å². The molecule has 76 valence electrons. The van der Waals surface area contributed by atoms with Crippen molar-refractivity contribution in [2.24, 2.45) is 5.92 Å². The third-order valence-corrected chi connectivity index (χ3v) is 3.19. The normalized spacial score (nSPS) is 46.6. The quantitative estimate of drug-likeness (QED) is 0.629. The molecule has 0 bridgehead atoms. The van der Waals surface area contributed by atoms with Crippen molar-refractivity contribution in [3.63, 3.8) is 0 Å². The summed E-state index contributed by atoms with van der Waals surface area (Å²) in [5.74, 6) is 0.648. The Labute approximate surface area is 80.2 Å². The van der Waals surface area contributed by atoms with Gasteiger partial charge in [0.2, 0.25) is 0 Å². The van der Waals surface area contributed by atoms with Gasteiger partial charge in [-0.25, -0.2) is 0 Å². The Kier molecular flexibility index (Phi) is 2.58. The smallest absolute Gasteiger partial charge is 0.131 e. The van der Waals surface area contributed by atoms with Gasteiger partial charge in [0.05, 0.1) is 6.61 Å². The molecule has 2 fully saturated rings. The lowest BCUT2D eigenvalue weighted by Gasteiger charge is -2.41. The van der Waals surface area contributed by atoms with Gasteiger partial charge in [-0.05, 0) is 32.2 Å². The van der Waals surface area contributed by atoms with Crippen LogP contribution in [-0.2, 0) is 4.74 Å². The molecule has 0 aromatic rings. The van der Waals surface area contributed by atoms with Gasteiger partial charge in [-0.2, -0.15) is 0 Å². The molecule has 3 unspecified atom stereocenters. The summed E-state index contributed by atoms with van der Waals surface area (Å²) in [5.41, 5.74) is -0.122. The van der Waals surface area contributed by atoms with Gasteiger partial charge in [-0.3, -0.25) is 5.32 Å². The van der Waals surface area contributed by atoms with E-state index in [1.165, 1.54) is 12.8 Å². The Hall–Kier alpha value is -0.120. The van der Waals surface area contributed by atoms with Crippen molar-refractivity contribution in [2.45, 2.75) is 38.5 Å². The van der Waals surface area contributed by atoms with Crippen molar-refractivity contribution in [2.75, 3.05) is 19.7 Å². The van der Waals surface area contributed by atoms with Gasteiger partial charge in [0.15, 0.2) is 0 Å². The molecule has 0 amide bonds. The third kappa shape index (κ3) is 1.87. The molecule has 2 N–H and O–H groups in total. The van der Waals surface area contributed by atoms with Crippen LogP contribution in [-0.4, -0.2) is 31.5 Å². The average Bonchev–Trinajstić information content (AvgIpc) is 2.63. The first-order chi connectivity index (χ1) is 6.21. The fourth-order valence-electron chi connectivity index (χ4n) is 2.18. The Bertz CT molecular complexity index is 170. The summed E-state index contributed by atoms with van der Waals surface area (Å²) in [7, 11) is 0. The highest BCUT2D eigenvalue weighted by atomic mass is 16.5. The highest BCUT2D eigenvalue weighted by Crippen LogP contribution is 2.24. The lowest BCUT2D eigenvalue weighted by Crippen LogP contribution is -2.61.